The van der Waals surface area contributed by atoms with Crippen LogP contribution in [0.25, 0.3) is 0 Å². The lowest BCUT2D eigenvalue weighted by molar-refractivity contribution is 0.0950. The minimum Gasteiger partial charge on any atom is -0.385 e. The first kappa shape index (κ1) is 22.3. The van der Waals surface area contributed by atoms with Gasteiger partial charge in [-0.25, -0.2) is 0 Å². The zero-order valence-corrected chi connectivity index (χ0v) is 16.9. The second-order valence-corrected chi connectivity index (χ2v) is 6.55. The normalized spacial score (nSPS) is 12.3. The number of halogens is 2. The summed E-state index contributed by atoms with van der Waals surface area (Å²) >= 11 is 0. The van der Waals surface area contributed by atoms with E-state index in [1.807, 2.05) is 24.3 Å². The smallest absolute Gasteiger partial charge is 0.251 e. The predicted molar refractivity (Wildman–Crippen MR) is 113 cm³/mol. The first-order chi connectivity index (χ1) is 11.6. The van der Waals surface area contributed by atoms with Crippen LogP contribution in [0, 0.1) is 0 Å². The van der Waals surface area contributed by atoms with Crippen molar-refractivity contribution >= 4 is 36.4 Å². The van der Waals surface area contributed by atoms with Crippen LogP contribution >= 0.6 is 24.8 Å². The van der Waals surface area contributed by atoms with E-state index in [0.29, 0.717) is 6.54 Å². The molecule has 0 fully saturated rings. The Hall–Kier alpha value is -1.75. The van der Waals surface area contributed by atoms with Crippen LogP contribution in [0.1, 0.15) is 33.5 Å². The molecular formula is C20H27Cl2N3O. The van der Waals surface area contributed by atoms with Gasteiger partial charge in [-0.3, -0.25) is 4.79 Å². The molecule has 0 atom stereocenters. The third-order valence-electron chi connectivity index (χ3n) is 4.38. The fourth-order valence-electron chi connectivity index (χ4n) is 3.22. The van der Waals surface area contributed by atoms with E-state index in [1.165, 1.54) is 11.1 Å². The molecule has 0 spiro atoms. The van der Waals surface area contributed by atoms with Crippen molar-refractivity contribution in [2.45, 2.75) is 25.9 Å². The maximum atomic E-state index is 12.7. The molecular weight excluding hydrogens is 369 g/mol. The standard InChI is InChI=1S/C20H25N3O.2ClH/c1-23(2)14-16-8-4-3-7-15(16)13-22-20(24)18-9-5-11-19-17(18)10-6-12-21-19;;/h3-5,7-9,11,21H,6,10,12-14H2,1-2H3,(H,22,24);2*1H. The highest BCUT2D eigenvalue weighted by Gasteiger charge is 2.17. The SMILES string of the molecule is CN(C)Cc1ccccc1CNC(=O)c1cccc2c1CCCN2.Cl.Cl. The first-order valence-electron chi connectivity index (χ1n) is 8.50. The predicted octanol–water partition coefficient (Wildman–Crippen LogP) is 3.88. The molecule has 142 valence electrons. The minimum absolute atomic E-state index is 0. The van der Waals surface area contributed by atoms with Crippen LogP contribution in [-0.4, -0.2) is 31.4 Å². The molecule has 0 bridgehead atoms. The number of amides is 1. The van der Waals surface area contributed by atoms with Crippen molar-refractivity contribution in [1.29, 1.82) is 0 Å². The second kappa shape index (κ2) is 10.4. The molecule has 0 aliphatic carbocycles. The average Bonchev–Trinajstić information content (AvgIpc) is 2.60. The molecule has 0 unspecified atom stereocenters. The molecule has 1 heterocycles. The Bertz CT molecular complexity index is 735. The number of rotatable bonds is 5. The Morgan fingerprint density at radius 3 is 2.54 bits per heavy atom. The fourth-order valence-corrected chi connectivity index (χ4v) is 3.22. The van der Waals surface area contributed by atoms with E-state index < -0.39 is 0 Å². The third-order valence-corrected chi connectivity index (χ3v) is 4.38. The lowest BCUT2D eigenvalue weighted by atomic mass is 9.97. The van der Waals surface area contributed by atoms with Gasteiger partial charge in [0.05, 0.1) is 0 Å². The average molecular weight is 396 g/mol. The number of carbonyl (C=O) groups is 1. The summed E-state index contributed by atoms with van der Waals surface area (Å²) in [5, 5.41) is 6.47. The maximum Gasteiger partial charge on any atom is 0.251 e. The largest absolute Gasteiger partial charge is 0.385 e. The number of nitrogens with one attached hydrogen (secondary N) is 2. The number of hydrogen-bond donors (Lipinski definition) is 2. The molecule has 0 aromatic heterocycles. The van der Waals surface area contributed by atoms with E-state index in [4.69, 9.17) is 0 Å². The van der Waals surface area contributed by atoms with Crippen LogP contribution in [-0.2, 0) is 19.5 Å². The number of hydrogen-bond acceptors (Lipinski definition) is 3. The Kier molecular flexibility index (Phi) is 8.93. The number of carbonyl (C=O) groups excluding carboxylic acids is 1. The molecule has 26 heavy (non-hydrogen) atoms. The van der Waals surface area contributed by atoms with Gasteiger partial charge in [0.1, 0.15) is 0 Å². The maximum absolute atomic E-state index is 12.7. The quantitative estimate of drug-likeness (QED) is 0.806. The molecule has 3 rings (SSSR count). The van der Waals surface area contributed by atoms with E-state index in [9.17, 15) is 4.79 Å². The van der Waals surface area contributed by atoms with Crippen molar-refractivity contribution < 1.29 is 4.79 Å². The summed E-state index contributed by atoms with van der Waals surface area (Å²) in [6.45, 7) is 2.41. The number of fused-ring (bicyclic) bond motifs is 1. The van der Waals surface area contributed by atoms with Crippen LogP contribution in [0.2, 0.25) is 0 Å². The monoisotopic (exact) mass is 395 g/mol. The van der Waals surface area contributed by atoms with Crippen molar-refractivity contribution in [1.82, 2.24) is 10.2 Å². The topological polar surface area (TPSA) is 44.4 Å². The van der Waals surface area contributed by atoms with E-state index >= 15 is 0 Å². The summed E-state index contributed by atoms with van der Waals surface area (Å²) in [4.78, 5) is 14.8. The van der Waals surface area contributed by atoms with Crippen LogP contribution in [0.5, 0.6) is 0 Å². The van der Waals surface area contributed by atoms with E-state index in [2.05, 4.69) is 47.8 Å². The van der Waals surface area contributed by atoms with E-state index in [1.54, 1.807) is 0 Å². The van der Waals surface area contributed by atoms with Crippen LogP contribution in [0.3, 0.4) is 0 Å². The van der Waals surface area contributed by atoms with Gasteiger partial charge in [0, 0.05) is 30.9 Å². The van der Waals surface area contributed by atoms with Gasteiger partial charge in [0.15, 0.2) is 0 Å². The van der Waals surface area contributed by atoms with Gasteiger partial charge >= 0.3 is 0 Å². The molecule has 2 N–H and O–H groups in total. The Morgan fingerprint density at radius 2 is 1.81 bits per heavy atom. The number of nitrogens with zero attached hydrogens (tertiary/aromatic N) is 1. The Balaban J connectivity index is 0.00000169. The molecule has 1 amide bonds. The van der Waals surface area contributed by atoms with Gasteiger partial charge in [-0.15, -0.1) is 24.8 Å². The molecule has 2 aromatic rings. The minimum atomic E-state index is 0. The van der Waals surface area contributed by atoms with E-state index in [0.717, 1.165) is 42.7 Å². The Morgan fingerprint density at radius 1 is 1.08 bits per heavy atom. The highest BCUT2D eigenvalue weighted by atomic mass is 35.5. The zero-order chi connectivity index (χ0) is 16.9. The molecule has 0 radical (unpaired) electrons. The van der Waals surface area contributed by atoms with Gasteiger partial charge in [-0.05, 0) is 55.8 Å². The molecule has 6 heteroatoms. The molecule has 4 nitrogen and oxygen atoms in total. The van der Waals surface area contributed by atoms with Gasteiger partial charge in [-0.1, -0.05) is 30.3 Å². The molecule has 0 saturated carbocycles. The second-order valence-electron chi connectivity index (χ2n) is 6.55. The third kappa shape index (κ3) is 5.37. The number of anilines is 1. The summed E-state index contributed by atoms with van der Waals surface area (Å²) in [5.41, 5.74) is 5.46. The van der Waals surface area contributed by atoms with Crippen molar-refractivity contribution in [3.8, 4) is 0 Å². The summed E-state index contributed by atoms with van der Waals surface area (Å²) < 4.78 is 0. The number of benzene rings is 2. The zero-order valence-electron chi connectivity index (χ0n) is 15.2. The van der Waals surface area contributed by atoms with Crippen LogP contribution in [0.4, 0.5) is 5.69 Å². The lowest BCUT2D eigenvalue weighted by Crippen LogP contribution is -2.26. The van der Waals surface area contributed by atoms with Gasteiger partial charge in [0.25, 0.3) is 5.91 Å². The van der Waals surface area contributed by atoms with Gasteiger partial charge in [0.2, 0.25) is 0 Å². The van der Waals surface area contributed by atoms with Crippen molar-refractivity contribution in [2.75, 3.05) is 26.0 Å². The fraction of sp³-hybridized carbons (Fsp3) is 0.350. The molecule has 1 aliphatic rings. The summed E-state index contributed by atoms with van der Waals surface area (Å²) in [5.74, 6) is 0.00945. The molecule has 1 aliphatic heterocycles. The van der Waals surface area contributed by atoms with Crippen molar-refractivity contribution in [2.24, 2.45) is 0 Å². The van der Waals surface area contributed by atoms with Crippen molar-refractivity contribution in [3.05, 3.63) is 64.7 Å². The highest BCUT2D eigenvalue weighted by molar-refractivity contribution is 5.97. The summed E-state index contributed by atoms with van der Waals surface area (Å²) in [6.07, 6.45) is 2.03. The highest BCUT2D eigenvalue weighted by Crippen LogP contribution is 2.25. The molecule has 0 saturated heterocycles. The van der Waals surface area contributed by atoms with Gasteiger partial charge < -0.3 is 15.5 Å². The van der Waals surface area contributed by atoms with E-state index in [-0.39, 0.29) is 30.7 Å². The van der Waals surface area contributed by atoms with Crippen LogP contribution in [0.15, 0.2) is 42.5 Å². The van der Waals surface area contributed by atoms with Crippen molar-refractivity contribution in [3.63, 3.8) is 0 Å². The lowest BCUT2D eigenvalue weighted by Gasteiger charge is -2.21. The Labute approximate surface area is 168 Å². The summed E-state index contributed by atoms with van der Waals surface area (Å²) in [7, 11) is 4.11. The van der Waals surface area contributed by atoms with Crippen LogP contribution < -0.4 is 10.6 Å². The first-order valence-corrected chi connectivity index (χ1v) is 8.50. The van der Waals surface area contributed by atoms with Gasteiger partial charge in [-0.2, -0.15) is 0 Å². The molecule has 2 aromatic carbocycles. The summed E-state index contributed by atoms with van der Waals surface area (Å²) in [6, 6.07) is 14.2.